The summed E-state index contributed by atoms with van der Waals surface area (Å²) in [5.74, 6) is 0.542. The summed E-state index contributed by atoms with van der Waals surface area (Å²) in [4.78, 5) is 27.4. The Morgan fingerprint density at radius 2 is 1.64 bits per heavy atom. The van der Waals surface area contributed by atoms with E-state index in [1.165, 1.54) is 6.07 Å². The molecule has 5 aromatic rings. The number of carbonyl (C=O) groups excluding carboxylic acids is 1. The van der Waals surface area contributed by atoms with Gasteiger partial charge in [-0.2, -0.15) is 0 Å². The third kappa shape index (κ3) is 8.18. The normalized spacial score (nSPS) is 11.7. The predicted molar refractivity (Wildman–Crippen MR) is 176 cm³/mol. The van der Waals surface area contributed by atoms with Crippen molar-refractivity contribution >= 4 is 45.8 Å². The Labute approximate surface area is 265 Å². The number of pyridine rings is 1. The molecule has 0 unspecified atom stereocenters. The van der Waals surface area contributed by atoms with E-state index in [0.29, 0.717) is 64.2 Å². The van der Waals surface area contributed by atoms with Crippen LogP contribution in [0.5, 0.6) is 5.75 Å². The topological polar surface area (TPSA) is 115 Å². The second-order valence-corrected chi connectivity index (χ2v) is 11.0. The number of aromatic amines is 1. The van der Waals surface area contributed by atoms with E-state index in [-0.39, 0.29) is 18.1 Å². The maximum atomic E-state index is 12.4. The van der Waals surface area contributed by atoms with Crippen molar-refractivity contribution in [2.24, 2.45) is 0 Å². The number of amides is 2. The molecule has 1 atom stereocenters. The summed E-state index contributed by atoms with van der Waals surface area (Å²) < 4.78 is 6.01. The molecule has 5 rings (SSSR count). The van der Waals surface area contributed by atoms with Crippen molar-refractivity contribution < 1.29 is 14.6 Å². The summed E-state index contributed by atoms with van der Waals surface area (Å²) in [7, 11) is 0. The van der Waals surface area contributed by atoms with Gasteiger partial charge in [0.1, 0.15) is 12.4 Å². The minimum absolute atomic E-state index is 0.199. The monoisotopic (exact) mass is 630 g/mol. The van der Waals surface area contributed by atoms with Gasteiger partial charge >= 0.3 is 6.03 Å². The lowest BCUT2D eigenvalue weighted by atomic mass is 10.0. The fourth-order valence-electron chi connectivity index (χ4n) is 4.83. The number of anilines is 1. The second kappa shape index (κ2) is 14.9. The number of aliphatic hydroxyl groups excluding tert-OH is 1. The molecular weight excluding hydrogens is 599 g/mol. The minimum atomic E-state index is -0.810. The minimum Gasteiger partial charge on any atom is -0.487 e. The number of aromatic nitrogens is 1. The molecule has 4 aromatic carbocycles. The number of carbonyl (C=O) groups is 1. The quantitative estimate of drug-likeness (QED) is 0.0996. The van der Waals surface area contributed by atoms with Gasteiger partial charge < -0.3 is 30.8 Å². The Morgan fingerprint density at radius 3 is 2.43 bits per heavy atom. The van der Waals surface area contributed by atoms with Gasteiger partial charge in [-0.3, -0.25) is 4.79 Å². The zero-order valence-corrected chi connectivity index (χ0v) is 25.3. The summed E-state index contributed by atoms with van der Waals surface area (Å²) in [6.07, 6.45) is -0.130. The van der Waals surface area contributed by atoms with Crippen molar-refractivity contribution in [2.75, 3.05) is 18.4 Å². The molecule has 1 aromatic heterocycles. The predicted octanol–water partition coefficient (Wildman–Crippen LogP) is 6.60. The molecule has 0 aliphatic heterocycles. The smallest absolute Gasteiger partial charge is 0.319 e. The van der Waals surface area contributed by atoms with E-state index in [0.717, 1.165) is 16.5 Å². The van der Waals surface area contributed by atoms with Crippen LogP contribution in [-0.2, 0) is 19.6 Å². The first-order valence-electron chi connectivity index (χ1n) is 14.2. The molecular formula is C34H32Cl2N4O4. The Kier molecular flexibility index (Phi) is 10.5. The summed E-state index contributed by atoms with van der Waals surface area (Å²) in [6.45, 7) is 1.47. The molecule has 226 valence electrons. The highest BCUT2D eigenvalue weighted by Gasteiger charge is 2.15. The molecule has 44 heavy (non-hydrogen) atoms. The molecule has 0 spiro atoms. The zero-order valence-electron chi connectivity index (χ0n) is 23.8. The summed E-state index contributed by atoms with van der Waals surface area (Å²) in [5.41, 5.74) is 4.32. The van der Waals surface area contributed by atoms with Crippen LogP contribution in [0.2, 0.25) is 10.0 Å². The first-order valence-corrected chi connectivity index (χ1v) is 14.9. The lowest BCUT2D eigenvalue weighted by molar-refractivity contribution is 0.176. The van der Waals surface area contributed by atoms with Crippen LogP contribution < -0.4 is 26.2 Å². The molecule has 0 fully saturated rings. The van der Waals surface area contributed by atoms with Crippen LogP contribution in [0.3, 0.4) is 0 Å². The van der Waals surface area contributed by atoms with Gasteiger partial charge in [-0.15, -0.1) is 0 Å². The van der Waals surface area contributed by atoms with Gasteiger partial charge in [-0.05, 0) is 66.1 Å². The van der Waals surface area contributed by atoms with Crippen LogP contribution in [0.1, 0.15) is 28.4 Å². The highest BCUT2D eigenvalue weighted by atomic mass is 35.5. The molecule has 0 bridgehead atoms. The van der Waals surface area contributed by atoms with Crippen LogP contribution in [0.15, 0.2) is 102 Å². The number of benzene rings is 4. The molecule has 0 aliphatic carbocycles. The Balaban J connectivity index is 1.14. The summed E-state index contributed by atoms with van der Waals surface area (Å²) in [5, 5.41) is 21.6. The first kappa shape index (κ1) is 31.1. The van der Waals surface area contributed by atoms with Gasteiger partial charge in [0, 0.05) is 45.8 Å². The number of hydrogen-bond donors (Lipinski definition) is 5. The van der Waals surface area contributed by atoms with E-state index in [1.54, 1.807) is 30.3 Å². The maximum Gasteiger partial charge on any atom is 0.319 e. The first-order chi connectivity index (χ1) is 21.4. The Bertz CT molecular complexity index is 1780. The molecule has 0 saturated heterocycles. The molecule has 1 heterocycles. The number of urea groups is 1. The Hall–Kier alpha value is -4.34. The summed E-state index contributed by atoms with van der Waals surface area (Å²) in [6, 6.07) is 28.9. The number of ether oxygens (including phenoxy) is 1. The second-order valence-electron chi connectivity index (χ2n) is 10.2. The highest BCUT2D eigenvalue weighted by Crippen LogP contribution is 2.30. The van der Waals surface area contributed by atoms with E-state index >= 15 is 0 Å². The maximum absolute atomic E-state index is 12.4. The number of halogens is 2. The number of aliphatic hydroxyl groups is 1. The van der Waals surface area contributed by atoms with Gasteiger partial charge in [0.25, 0.3) is 0 Å². The van der Waals surface area contributed by atoms with E-state index < -0.39 is 6.10 Å². The average molecular weight is 632 g/mol. The number of hydrogen-bond acceptors (Lipinski definition) is 5. The molecule has 0 radical (unpaired) electrons. The van der Waals surface area contributed by atoms with Crippen molar-refractivity contribution in [1.82, 2.24) is 15.6 Å². The number of nitrogens with one attached hydrogen (secondary N) is 4. The Morgan fingerprint density at radius 1 is 0.886 bits per heavy atom. The van der Waals surface area contributed by atoms with Crippen LogP contribution in [0.4, 0.5) is 10.5 Å². The van der Waals surface area contributed by atoms with E-state index in [9.17, 15) is 14.7 Å². The highest BCUT2D eigenvalue weighted by molar-refractivity contribution is 6.36. The van der Waals surface area contributed by atoms with Crippen molar-refractivity contribution in [3.63, 3.8) is 0 Å². The standard InChI is InChI=1S/C34H32Cl2N4O4/c35-28-10-5-11-29(36)27(28)19-38-34(43)39-24-9-4-8-22(18-24)16-17-37-20-30(41)25-12-14-31(33-26(25)13-15-32(42)40-33)44-21-23-6-2-1-3-7-23/h1-15,18,30,37,41H,16-17,19-21H2,(H,40,42)(H2,38,39,43)/t30-/m1/s1. The van der Waals surface area contributed by atoms with Crippen molar-refractivity contribution in [1.29, 1.82) is 0 Å². The van der Waals surface area contributed by atoms with Crippen molar-refractivity contribution in [3.05, 3.63) is 140 Å². The van der Waals surface area contributed by atoms with Crippen molar-refractivity contribution in [2.45, 2.75) is 25.7 Å². The van der Waals surface area contributed by atoms with Gasteiger partial charge in [-0.1, -0.05) is 77.8 Å². The van der Waals surface area contributed by atoms with E-state index in [4.69, 9.17) is 27.9 Å². The molecule has 0 aliphatic rings. The molecule has 0 saturated carbocycles. The van der Waals surface area contributed by atoms with Crippen LogP contribution in [0, 0.1) is 0 Å². The van der Waals surface area contributed by atoms with Crippen molar-refractivity contribution in [3.8, 4) is 5.75 Å². The lowest BCUT2D eigenvalue weighted by Crippen LogP contribution is -2.28. The average Bonchev–Trinajstić information content (AvgIpc) is 3.02. The fourth-order valence-corrected chi connectivity index (χ4v) is 5.36. The van der Waals surface area contributed by atoms with Gasteiger partial charge in [0.05, 0.1) is 11.6 Å². The largest absolute Gasteiger partial charge is 0.487 e. The molecule has 2 amide bonds. The van der Waals surface area contributed by atoms with E-state index in [1.807, 2.05) is 60.7 Å². The molecule has 5 N–H and O–H groups in total. The zero-order chi connectivity index (χ0) is 30.9. The van der Waals surface area contributed by atoms with Crippen LogP contribution >= 0.6 is 23.2 Å². The van der Waals surface area contributed by atoms with Gasteiger partial charge in [0.15, 0.2) is 0 Å². The number of fused-ring (bicyclic) bond motifs is 1. The van der Waals surface area contributed by atoms with E-state index in [2.05, 4.69) is 20.9 Å². The van der Waals surface area contributed by atoms with Crippen LogP contribution in [-0.4, -0.2) is 29.2 Å². The third-order valence-electron chi connectivity index (χ3n) is 7.09. The number of rotatable bonds is 12. The van der Waals surface area contributed by atoms with Gasteiger partial charge in [-0.25, -0.2) is 4.79 Å². The van der Waals surface area contributed by atoms with Crippen LogP contribution in [0.25, 0.3) is 10.9 Å². The lowest BCUT2D eigenvalue weighted by Gasteiger charge is -2.17. The molecule has 8 nitrogen and oxygen atoms in total. The third-order valence-corrected chi connectivity index (χ3v) is 7.80. The van der Waals surface area contributed by atoms with Gasteiger partial charge in [0.2, 0.25) is 5.56 Å². The summed E-state index contributed by atoms with van der Waals surface area (Å²) >= 11 is 12.4. The number of H-pyrrole nitrogens is 1. The molecule has 10 heteroatoms. The fraction of sp³-hybridized carbons (Fsp3) is 0.176. The SMILES string of the molecule is O=C(NCc1c(Cl)cccc1Cl)Nc1cccc(CCNC[C@@H](O)c2ccc(OCc3ccccc3)c3[nH]c(=O)ccc23)c1.